The second-order valence-corrected chi connectivity index (χ2v) is 8.82. The standard InChI is InChI=1S/C27H39NO5/c1-19(2)27(18-29,22-14-25(32-7)17-26(15-22)33-8)10-9-11-28(4)20(3)21-12-23(30-5)16-24(13-21)31-6/h12-20H,9-11H2,1-8H3. The topological polar surface area (TPSA) is 57.2 Å². The highest BCUT2D eigenvalue weighted by Gasteiger charge is 2.36. The van der Waals surface area contributed by atoms with Gasteiger partial charge in [-0.05, 0) is 74.7 Å². The van der Waals surface area contributed by atoms with Gasteiger partial charge in [-0.2, -0.15) is 0 Å². The van der Waals surface area contributed by atoms with Gasteiger partial charge in [0.25, 0.3) is 0 Å². The third-order valence-corrected chi connectivity index (χ3v) is 6.75. The van der Waals surface area contributed by atoms with Gasteiger partial charge in [-0.25, -0.2) is 0 Å². The van der Waals surface area contributed by atoms with E-state index in [-0.39, 0.29) is 12.0 Å². The number of ether oxygens (including phenoxy) is 4. The van der Waals surface area contributed by atoms with Crippen molar-refractivity contribution in [1.29, 1.82) is 0 Å². The second kappa shape index (κ2) is 11.9. The van der Waals surface area contributed by atoms with E-state index in [1.807, 2.05) is 36.4 Å². The number of hydrogen-bond donors (Lipinski definition) is 0. The smallest absolute Gasteiger partial charge is 0.130 e. The molecule has 2 aromatic carbocycles. The van der Waals surface area contributed by atoms with Crippen molar-refractivity contribution in [2.45, 2.75) is 45.1 Å². The molecule has 0 amide bonds. The van der Waals surface area contributed by atoms with E-state index < -0.39 is 5.41 Å². The molecule has 2 aromatic rings. The Kier molecular flexibility index (Phi) is 9.59. The fourth-order valence-electron chi connectivity index (χ4n) is 4.25. The number of nitrogens with zero attached hydrogens (tertiary/aromatic N) is 1. The molecule has 0 heterocycles. The molecule has 0 bridgehead atoms. The highest BCUT2D eigenvalue weighted by molar-refractivity contribution is 5.70. The van der Waals surface area contributed by atoms with Crippen LogP contribution in [0.15, 0.2) is 36.4 Å². The summed E-state index contributed by atoms with van der Waals surface area (Å²) in [4.78, 5) is 14.8. The number of methoxy groups -OCH3 is 4. The molecule has 0 aliphatic heterocycles. The van der Waals surface area contributed by atoms with Crippen molar-refractivity contribution in [2.75, 3.05) is 42.0 Å². The normalized spacial score (nSPS) is 14.0. The third kappa shape index (κ3) is 6.20. The Morgan fingerprint density at radius 1 is 0.818 bits per heavy atom. The summed E-state index contributed by atoms with van der Waals surface area (Å²) in [6.07, 6.45) is 2.68. The van der Waals surface area contributed by atoms with Gasteiger partial charge in [0, 0.05) is 18.2 Å². The first kappa shape index (κ1) is 26.5. The van der Waals surface area contributed by atoms with Crippen LogP contribution in [0.2, 0.25) is 0 Å². The average molecular weight is 458 g/mol. The molecule has 0 aromatic heterocycles. The molecule has 2 rings (SSSR count). The van der Waals surface area contributed by atoms with Crippen LogP contribution in [0.25, 0.3) is 0 Å². The van der Waals surface area contributed by atoms with Gasteiger partial charge in [0.2, 0.25) is 0 Å². The SMILES string of the molecule is COc1cc(OC)cc(C(C)N(C)CCCC(C=O)(c2cc(OC)cc(OC)c2)C(C)C)c1. The Morgan fingerprint density at radius 2 is 1.27 bits per heavy atom. The van der Waals surface area contributed by atoms with Crippen molar-refractivity contribution < 1.29 is 23.7 Å². The van der Waals surface area contributed by atoms with Crippen LogP contribution in [-0.2, 0) is 10.2 Å². The third-order valence-electron chi connectivity index (χ3n) is 6.75. The molecule has 0 saturated heterocycles. The van der Waals surface area contributed by atoms with Crippen LogP contribution in [-0.4, -0.2) is 53.2 Å². The van der Waals surface area contributed by atoms with E-state index in [4.69, 9.17) is 18.9 Å². The summed E-state index contributed by atoms with van der Waals surface area (Å²) in [7, 11) is 8.67. The van der Waals surface area contributed by atoms with E-state index >= 15 is 0 Å². The highest BCUT2D eigenvalue weighted by Crippen LogP contribution is 2.39. The average Bonchev–Trinajstić information content (AvgIpc) is 2.84. The Labute approximate surface area is 198 Å². The zero-order chi connectivity index (χ0) is 24.6. The lowest BCUT2D eigenvalue weighted by Gasteiger charge is -2.34. The maximum absolute atomic E-state index is 12.5. The Bertz CT molecular complexity index is 869. The van der Waals surface area contributed by atoms with Crippen LogP contribution < -0.4 is 18.9 Å². The van der Waals surface area contributed by atoms with E-state index in [1.54, 1.807) is 28.4 Å². The summed E-state index contributed by atoms with van der Waals surface area (Å²) in [5.41, 5.74) is 1.43. The minimum Gasteiger partial charge on any atom is -0.497 e. The molecule has 0 spiro atoms. The summed E-state index contributed by atoms with van der Waals surface area (Å²) in [5.74, 6) is 3.05. The molecule has 2 atom stereocenters. The first-order chi connectivity index (χ1) is 15.7. The lowest BCUT2D eigenvalue weighted by Crippen LogP contribution is -2.35. The van der Waals surface area contributed by atoms with Crippen LogP contribution in [0.1, 0.15) is 50.8 Å². The summed E-state index contributed by atoms with van der Waals surface area (Å²) in [5, 5.41) is 0. The van der Waals surface area contributed by atoms with Crippen LogP contribution in [0.4, 0.5) is 0 Å². The number of carbonyl (C=O) groups is 1. The molecule has 0 aliphatic carbocycles. The fourth-order valence-corrected chi connectivity index (χ4v) is 4.25. The molecule has 0 saturated carbocycles. The summed E-state index contributed by atoms with van der Waals surface area (Å²) in [6, 6.07) is 11.8. The molecule has 0 N–H and O–H groups in total. The van der Waals surface area contributed by atoms with E-state index in [0.29, 0.717) is 11.5 Å². The van der Waals surface area contributed by atoms with Crippen LogP contribution in [0.3, 0.4) is 0 Å². The van der Waals surface area contributed by atoms with Gasteiger partial charge < -0.3 is 23.7 Å². The quantitative estimate of drug-likeness (QED) is 0.381. The van der Waals surface area contributed by atoms with E-state index in [0.717, 1.165) is 48.3 Å². The molecule has 0 radical (unpaired) electrons. The lowest BCUT2D eigenvalue weighted by atomic mass is 9.69. The largest absolute Gasteiger partial charge is 0.497 e. The number of rotatable bonds is 13. The molecule has 0 aliphatic rings. The molecule has 33 heavy (non-hydrogen) atoms. The molecule has 6 heteroatoms. The van der Waals surface area contributed by atoms with Crippen molar-refractivity contribution >= 4 is 6.29 Å². The second-order valence-electron chi connectivity index (χ2n) is 8.82. The zero-order valence-electron chi connectivity index (χ0n) is 21.3. The van der Waals surface area contributed by atoms with Gasteiger partial charge in [-0.1, -0.05) is 13.8 Å². The van der Waals surface area contributed by atoms with Crippen molar-refractivity contribution in [2.24, 2.45) is 5.92 Å². The zero-order valence-corrected chi connectivity index (χ0v) is 21.3. The van der Waals surface area contributed by atoms with Crippen molar-refractivity contribution in [3.8, 4) is 23.0 Å². The van der Waals surface area contributed by atoms with E-state index in [9.17, 15) is 4.79 Å². The summed E-state index contributed by atoms with van der Waals surface area (Å²) >= 11 is 0. The first-order valence-corrected chi connectivity index (χ1v) is 11.4. The fraction of sp³-hybridized carbons (Fsp3) is 0.519. The molecule has 2 unspecified atom stereocenters. The monoisotopic (exact) mass is 457 g/mol. The molecule has 0 fully saturated rings. The van der Waals surface area contributed by atoms with E-state index in [2.05, 4.69) is 32.7 Å². The lowest BCUT2D eigenvalue weighted by molar-refractivity contribution is -0.114. The number of benzene rings is 2. The minimum absolute atomic E-state index is 0.122. The first-order valence-electron chi connectivity index (χ1n) is 11.4. The van der Waals surface area contributed by atoms with Crippen molar-refractivity contribution in [3.63, 3.8) is 0 Å². The van der Waals surface area contributed by atoms with Gasteiger partial charge in [-0.3, -0.25) is 4.90 Å². The van der Waals surface area contributed by atoms with Crippen LogP contribution in [0, 0.1) is 5.92 Å². The predicted molar refractivity (Wildman–Crippen MR) is 132 cm³/mol. The predicted octanol–water partition coefficient (Wildman–Crippen LogP) is 5.29. The number of hydrogen-bond acceptors (Lipinski definition) is 6. The minimum atomic E-state index is -0.620. The van der Waals surface area contributed by atoms with Crippen LogP contribution in [0.5, 0.6) is 23.0 Å². The number of aldehydes is 1. The maximum Gasteiger partial charge on any atom is 0.130 e. The number of carbonyl (C=O) groups excluding carboxylic acids is 1. The van der Waals surface area contributed by atoms with Gasteiger partial charge in [0.1, 0.15) is 29.3 Å². The molecule has 182 valence electrons. The summed E-state index contributed by atoms with van der Waals surface area (Å²) in [6.45, 7) is 7.19. The van der Waals surface area contributed by atoms with Gasteiger partial charge in [0.05, 0.1) is 33.9 Å². The van der Waals surface area contributed by atoms with Gasteiger partial charge in [-0.15, -0.1) is 0 Å². The Morgan fingerprint density at radius 3 is 1.67 bits per heavy atom. The molecular weight excluding hydrogens is 418 g/mol. The molecule has 6 nitrogen and oxygen atoms in total. The maximum atomic E-state index is 12.5. The molecular formula is C27H39NO5. The van der Waals surface area contributed by atoms with Crippen LogP contribution >= 0.6 is 0 Å². The highest BCUT2D eigenvalue weighted by atomic mass is 16.5. The van der Waals surface area contributed by atoms with Crippen molar-refractivity contribution in [1.82, 2.24) is 4.90 Å². The van der Waals surface area contributed by atoms with Crippen molar-refractivity contribution in [3.05, 3.63) is 47.5 Å². The van der Waals surface area contributed by atoms with Gasteiger partial charge in [0.15, 0.2) is 0 Å². The Hall–Kier alpha value is -2.73. The summed E-state index contributed by atoms with van der Waals surface area (Å²) < 4.78 is 21.8. The van der Waals surface area contributed by atoms with Gasteiger partial charge >= 0.3 is 0 Å². The van der Waals surface area contributed by atoms with E-state index in [1.165, 1.54) is 0 Å². The Balaban J connectivity index is 2.20.